The first-order valence-corrected chi connectivity index (χ1v) is 8.82. The van der Waals surface area contributed by atoms with Crippen molar-refractivity contribution >= 4 is 6.03 Å². The van der Waals surface area contributed by atoms with Gasteiger partial charge in [-0.25, -0.2) is 4.79 Å². The summed E-state index contributed by atoms with van der Waals surface area (Å²) < 4.78 is 0. The smallest absolute Gasteiger partial charge is 0.318 e. The minimum Gasteiger partial charge on any atom is -0.336 e. The number of amides is 2. The predicted octanol–water partition coefficient (Wildman–Crippen LogP) is 3.19. The van der Waals surface area contributed by atoms with Crippen LogP contribution in [0.5, 0.6) is 0 Å². The van der Waals surface area contributed by atoms with Crippen molar-refractivity contribution < 1.29 is 4.79 Å². The van der Waals surface area contributed by atoms with Crippen molar-refractivity contribution in [2.45, 2.75) is 50.1 Å². The number of benzene rings is 1. The number of nitrogens with one attached hydrogen (secondary N) is 1. The minimum absolute atomic E-state index is 0.0292. The van der Waals surface area contributed by atoms with Crippen LogP contribution in [-0.4, -0.2) is 48.6 Å². The van der Waals surface area contributed by atoms with Gasteiger partial charge < -0.3 is 10.2 Å². The maximum atomic E-state index is 12.2. The largest absolute Gasteiger partial charge is 0.336 e. The van der Waals surface area contributed by atoms with E-state index in [0.717, 1.165) is 45.2 Å². The molecule has 2 fully saturated rings. The molecule has 4 nitrogen and oxygen atoms in total. The molecule has 1 aromatic rings. The van der Waals surface area contributed by atoms with Crippen LogP contribution in [0.2, 0.25) is 0 Å². The highest BCUT2D eigenvalue weighted by Crippen LogP contribution is 2.47. The lowest BCUT2D eigenvalue weighted by molar-refractivity contribution is 0.0261. The Balaban J connectivity index is 1.85. The molecule has 3 rings (SSSR count). The number of hydrogen-bond acceptors (Lipinski definition) is 2. The van der Waals surface area contributed by atoms with E-state index in [0.29, 0.717) is 0 Å². The van der Waals surface area contributed by atoms with Crippen molar-refractivity contribution in [3.63, 3.8) is 0 Å². The molecular formula is C19H29N3O. The van der Waals surface area contributed by atoms with Gasteiger partial charge in [-0.15, -0.1) is 0 Å². The van der Waals surface area contributed by atoms with Gasteiger partial charge in [-0.1, -0.05) is 37.3 Å². The monoisotopic (exact) mass is 315 g/mol. The third kappa shape index (κ3) is 2.63. The summed E-state index contributed by atoms with van der Waals surface area (Å²) in [6.45, 7) is 3.83. The molecule has 2 aliphatic rings. The fourth-order valence-corrected chi connectivity index (χ4v) is 4.53. The van der Waals surface area contributed by atoms with Crippen LogP contribution in [0.25, 0.3) is 0 Å². The quantitative estimate of drug-likeness (QED) is 0.926. The summed E-state index contributed by atoms with van der Waals surface area (Å²) >= 11 is 0. The van der Waals surface area contributed by atoms with Crippen LogP contribution < -0.4 is 5.32 Å². The molecular weight excluding hydrogens is 286 g/mol. The summed E-state index contributed by atoms with van der Waals surface area (Å²) in [6.07, 6.45) is 5.35. The Kier molecular flexibility index (Phi) is 4.37. The first-order chi connectivity index (χ1) is 11.0. The summed E-state index contributed by atoms with van der Waals surface area (Å²) in [5.41, 5.74) is 1.52. The molecule has 23 heavy (non-hydrogen) atoms. The third-order valence-corrected chi connectivity index (χ3v) is 6.01. The number of urea groups is 1. The Bertz CT molecular complexity index is 547. The van der Waals surface area contributed by atoms with E-state index in [1.54, 1.807) is 0 Å². The second kappa shape index (κ2) is 6.16. The molecule has 1 aromatic carbocycles. The van der Waals surface area contributed by atoms with Crippen molar-refractivity contribution in [3.05, 3.63) is 35.9 Å². The van der Waals surface area contributed by atoms with Crippen molar-refractivity contribution in [1.82, 2.24) is 15.1 Å². The number of rotatable bonds is 4. The van der Waals surface area contributed by atoms with Gasteiger partial charge in [0.25, 0.3) is 0 Å². The van der Waals surface area contributed by atoms with Crippen LogP contribution in [0, 0.1) is 0 Å². The van der Waals surface area contributed by atoms with E-state index in [2.05, 4.69) is 66.5 Å². The highest BCUT2D eigenvalue weighted by molar-refractivity contribution is 5.78. The van der Waals surface area contributed by atoms with E-state index in [-0.39, 0.29) is 17.1 Å². The van der Waals surface area contributed by atoms with E-state index in [1.165, 1.54) is 5.56 Å². The standard InChI is InChI=1S/C19H29N3O/c1-4-14-22-17(23)20-15-18(22)10-12-19(13-11-18,21(2)3)16-8-6-5-7-9-16/h5-9H,4,10-15H2,1-3H3,(H,20,23). The number of nitrogens with zero attached hydrogens (tertiary/aromatic N) is 2. The number of carbonyl (C=O) groups excluding carboxylic acids is 1. The Morgan fingerprint density at radius 3 is 2.35 bits per heavy atom. The first-order valence-electron chi connectivity index (χ1n) is 8.82. The first kappa shape index (κ1) is 16.3. The second-order valence-electron chi connectivity index (χ2n) is 7.33. The molecule has 1 heterocycles. The minimum atomic E-state index is 0.0292. The summed E-state index contributed by atoms with van der Waals surface area (Å²) in [6, 6.07) is 11.0. The molecule has 126 valence electrons. The van der Waals surface area contributed by atoms with Gasteiger partial charge >= 0.3 is 6.03 Å². The van der Waals surface area contributed by atoms with Gasteiger partial charge in [0.1, 0.15) is 0 Å². The fourth-order valence-electron chi connectivity index (χ4n) is 4.53. The van der Waals surface area contributed by atoms with Gasteiger partial charge in [-0.3, -0.25) is 4.90 Å². The molecule has 2 amide bonds. The topological polar surface area (TPSA) is 35.6 Å². The average Bonchev–Trinajstić information content (AvgIpc) is 2.87. The molecule has 1 spiro atoms. The zero-order valence-electron chi connectivity index (χ0n) is 14.6. The van der Waals surface area contributed by atoms with Crippen LogP contribution in [-0.2, 0) is 5.54 Å². The molecule has 1 aliphatic carbocycles. The third-order valence-electron chi connectivity index (χ3n) is 6.01. The van der Waals surface area contributed by atoms with Crippen molar-refractivity contribution in [2.75, 3.05) is 27.2 Å². The lowest BCUT2D eigenvalue weighted by Gasteiger charge is -2.51. The van der Waals surface area contributed by atoms with E-state index in [1.807, 2.05) is 0 Å². The molecule has 0 unspecified atom stereocenters. The molecule has 1 saturated carbocycles. The van der Waals surface area contributed by atoms with Gasteiger partial charge in [-0.2, -0.15) is 0 Å². The van der Waals surface area contributed by atoms with Crippen molar-refractivity contribution in [2.24, 2.45) is 0 Å². The summed E-state index contributed by atoms with van der Waals surface area (Å²) in [4.78, 5) is 16.7. The van der Waals surface area contributed by atoms with Crippen LogP contribution in [0.4, 0.5) is 4.79 Å². The molecule has 0 aromatic heterocycles. The van der Waals surface area contributed by atoms with E-state index in [4.69, 9.17) is 0 Å². The zero-order chi connectivity index (χ0) is 16.5. The van der Waals surface area contributed by atoms with Crippen LogP contribution in [0.3, 0.4) is 0 Å². The summed E-state index contributed by atoms with van der Waals surface area (Å²) in [7, 11) is 4.37. The van der Waals surface area contributed by atoms with Crippen molar-refractivity contribution in [3.8, 4) is 0 Å². The lowest BCUT2D eigenvalue weighted by atomic mass is 9.68. The van der Waals surface area contributed by atoms with Crippen LogP contribution in [0.15, 0.2) is 30.3 Å². The normalized spacial score (nSPS) is 31.0. The molecule has 0 atom stereocenters. The van der Waals surface area contributed by atoms with Crippen molar-refractivity contribution in [1.29, 1.82) is 0 Å². The maximum absolute atomic E-state index is 12.2. The molecule has 1 N–H and O–H groups in total. The van der Waals surface area contributed by atoms with Crippen LogP contribution in [0.1, 0.15) is 44.6 Å². The lowest BCUT2D eigenvalue weighted by Crippen LogP contribution is -2.55. The van der Waals surface area contributed by atoms with Gasteiger partial charge in [0.2, 0.25) is 0 Å². The highest BCUT2D eigenvalue weighted by Gasteiger charge is 2.51. The van der Waals surface area contributed by atoms with Crippen LogP contribution >= 0.6 is 0 Å². The Labute approximate surface area is 139 Å². The number of carbonyl (C=O) groups is 1. The molecule has 1 saturated heterocycles. The van der Waals surface area contributed by atoms with Gasteiger partial charge in [0.05, 0.1) is 5.54 Å². The van der Waals surface area contributed by atoms with E-state index >= 15 is 0 Å². The SMILES string of the molecule is CCCN1C(=O)NCC12CCC(c1ccccc1)(N(C)C)CC2. The zero-order valence-corrected chi connectivity index (χ0v) is 14.6. The Hall–Kier alpha value is -1.55. The number of hydrogen-bond donors (Lipinski definition) is 1. The Morgan fingerprint density at radius 2 is 1.78 bits per heavy atom. The maximum Gasteiger partial charge on any atom is 0.318 e. The Morgan fingerprint density at radius 1 is 1.13 bits per heavy atom. The van der Waals surface area contributed by atoms with Gasteiger partial charge in [0, 0.05) is 18.6 Å². The van der Waals surface area contributed by atoms with E-state index < -0.39 is 0 Å². The second-order valence-corrected chi connectivity index (χ2v) is 7.33. The van der Waals surface area contributed by atoms with Gasteiger partial charge in [-0.05, 0) is 51.8 Å². The molecule has 1 aliphatic heterocycles. The van der Waals surface area contributed by atoms with E-state index in [9.17, 15) is 4.79 Å². The highest BCUT2D eigenvalue weighted by atomic mass is 16.2. The fraction of sp³-hybridized carbons (Fsp3) is 0.632. The summed E-state index contributed by atoms with van der Waals surface area (Å²) in [5.74, 6) is 0. The van der Waals surface area contributed by atoms with Gasteiger partial charge in [0.15, 0.2) is 0 Å². The average molecular weight is 315 g/mol. The molecule has 0 radical (unpaired) electrons. The molecule has 4 heteroatoms. The molecule has 0 bridgehead atoms. The summed E-state index contributed by atoms with van der Waals surface area (Å²) in [5, 5.41) is 3.08. The predicted molar refractivity (Wildman–Crippen MR) is 93.4 cm³/mol.